The molecular formula is H13F6LiO18Sb6. The zero-order valence-corrected chi connectivity index (χ0v) is 28.1. The quantitative estimate of drug-likeness (QED) is 0.0792. The maximum absolute atomic E-state index is 10.4. The van der Waals surface area contributed by atoms with E-state index >= 15 is 0 Å². The zero-order valence-electron chi connectivity index (χ0n) is 12.8. The molecule has 0 aromatic rings. The van der Waals surface area contributed by atoms with E-state index in [9.17, 15) is 16.9 Å². The number of hydrogen-bond acceptors (Lipinski definition) is 6. The van der Waals surface area contributed by atoms with Crippen molar-refractivity contribution in [1.29, 1.82) is 0 Å². The molecule has 31 heteroatoms. The van der Waals surface area contributed by atoms with Crippen molar-refractivity contribution in [2.75, 3.05) is 0 Å². The summed E-state index contributed by atoms with van der Waals surface area (Å²) in [6.45, 7) is 0. The minimum atomic E-state index is -5.85. The molecule has 0 atom stereocenters. The third-order valence-corrected chi connectivity index (χ3v) is 0. The first-order chi connectivity index (χ1) is 12.0. The van der Waals surface area contributed by atoms with Crippen LogP contribution in [0.1, 0.15) is 0 Å². The molecule has 0 aliphatic heterocycles. The molecule has 0 aromatic carbocycles. The standard InChI is InChI=1S/6FH.Li.12H2O.6O.6Sb.H/h6*1H;;12*1H2;;;;;;;;;;;;;/q;;;;;;;;;;;;;;;;;;;;;;;;;6*+3;/p-18. The Kier molecular flexibility index (Phi) is 37.3. The van der Waals surface area contributed by atoms with Gasteiger partial charge in [0.05, 0.1) is 0 Å². The van der Waals surface area contributed by atoms with Crippen molar-refractivity contribution in [3.05, 3.63) is 0 Å². The second kappa shape index (κ2) is 22.6. The van der Waals surface area contributed by atoms with E-state index in [2.05, 4.69) is 0 Å². The van der Waals surface area contributed by atoms with Gasteiger partial charge in [0.15, 0.2) is 0 Å². The molecule has 0 unspecified atom stereocenters. The molecular weight excluding hydrogens is 1140 g/mol. The van der Waals surface area contributed by atoms with Crippen molar-refractivity contribution in [3.8, 4) is 0 Å². The normalized spacial score (nSPS) is 11.4. The van der Waals surface area contributed by atoms with Gasteiger partial charge in [0.2, 0.25) is 0 Å². The van der Waals surface area contributed by atoms with E-state index in [1.165, 1.54) is 0 Å². The van der Waals surface area contributed by atoms with Crippen LogP contribution in [0.4, 0.5) is 16.9 Å². The molecule has 0 radical (unpaired) electrons. The summed E-state index contributed by atoms with van der Waals surface area (Å²) in [5.74, 6) is 0. The van der Waals surface area contributed by atoms with Crippen molar-refractivity contribution >= 4 is 140 Å². The van der Waals surface area contributed by atoms with E-state index in [0.29, 0.717) is 0 Å². The van der Waals surface area contributed by atoms with Crippen molar-refractivity contribution in [2.24, 2.45) is 0 Å². The van der Waals surface area contributed by atoms with Crippen LogP contribution in [0.2, 0.25) is 0 Å². The Labute approximate surface area is 212 Å². The van der Waals surface area contributed by atoms with Gasteiger partial charge in [-0.25, -0.2) is 0 Å². The summed E-state index contributed by atoms with van der Waals surface area (Å²) in [6.07, 6.45) is 0. The van der Waals surface area contributed by atoms with E-state index in [1.807, 2.05) is 0 Å². The fraction of sp³-hybridized carbons (Fsp3) is 0. The van der Waals surface area contributed by atoms with E-state index in [-0.39, 0.29) is 18.9 Å². The molecule has 18 nitrogen and oxygen atoms in total. The third-order valence-electron chi connectivity index (χ3n) is 0. The summed E-state index contributed by atoms with van der Waals surface area (Å²) in [7, 11) is 0. The fourth-order valence-corrected chi connectivity index (χ4v) is 0. The van der Waals surface area contributed by atoms with Crippen LogP contribution in [-0.2, 0) is 18.1 Å². The van der Waals surface area contributed by atoms with Gasteiger partial charge in [-0.15, -0.1) is 0 Å². The molecule has 0 rings (SSSR count). The van der Waals surface area contributed by atoms with Gasteiger partial charge in [-0.3, -0.25) is 0 Å². The van der Waals surface area contributed by atoms with Crippen LogP contribution in [0.3, 0.4) is 0 Å². The summed E-state index contributed by atoms with van der Waals surface area (Å²) >= 11 is -35.1. The molecule has 31 heavy (non-hydrogen) atoms. The first-order valence-electron chi connectivity index (χ1n) is 4.51. The van der Waals surface area contributed by atoms with E-state index in [1.54, 1.807) is 0 Å². The molecule has 0 saturated carbocycles. The molecule has 0 saturated heterocycles. The van der Waals surface area contributed by atoms with E-state index in [0.717, 1.165) is 0 Å². The van der Waals surface area contributed by atoms with Gasteiger partial charge in [0.1, 0.15) is 0 Å². The van der Waals surface area contributed by atoms with Crippen LogP contribution < -0.4 is 0 Å². The summed E-state index contributed by atoms with van der Waals surface area (Å²) in [6, 6.07) is 0. The van der Waals surface area contributed by atoms with Crippen molar-refractivity contribution in [2.45, 2.75) is 0 Å². The Bertz CT molecular complexity index is 480. The molecule has 12 N–H and O–H groups in total. The minimum absolute atomic E-state index is 0. The molecule has 194 valence electrons. The van der Waals surface area contributed by atoms with Gasteiger partial charge < -0.3 is 0 Å². The van der Waals surface area contributed by atoms with E-state index in [4.69, 9.17) is 58.7 Å². The number of rotatable bonds is 0. The molecule has 0 bridgehead atoms. The number of halogens is 6. The molecule has 0 aromatic heterocycles. The van der Waals surface area contributed by atoms with Gasteiger partial charge in [0, 0.05) is 0 Å². The summed E-state index contributed by atoms with van der Waals surface area (Å²) in [5, 5.41) is 0. The van der Waals surface area contributed by atoms with Crippen LogP contribution in [-0.4, -0.2) is 181 Å². The molecule has 0 heterocycles. The monoisotopic (exact) mass is 1150 g/mol. The predicted octanol–water partition coefficient (Wildman–Crippen LogP) is -7.81. The van der Waals surface area contributed by atoms with Gasteiger partial charge in [0.25, 0.3) is 0 Å². The van der Waals surface area contributed by atoms with Gasteiger partial charge >= 0.3 is 216 Å². The molecule has 0 aliphatic carbocycles. The van der Waals surface area contributed by atoms with Crippen LogP contribution in [0.25, 0.3) is 0 Å². The summed E-state index contributed by atoms with van der Waals surface area (Å²) in [4.78, 5) is 0. The molecule has 0 spiro atoms. The van der Waals surface area contributed by atoms with Crippen molar-refractivity contribution in [1.82, 2.24) is 0 Å². The van der Waals surface area contributed by atoms with Crippen molar-refractivity contribution in [3.63, 3.8) is 0 Å². The van der Waals surface area contributed by atoms with Crippen molar-refractivity contribution < 1.29 is 75.6 Å². The summed E-state index contributed by atoms with van der Waals surface area (Å²) in [5.41, 5.74) is 0. The van der Waals surface area contributed by atoms with Crippen LogP contribution in [0.15, 0.2) is 0 Å². The molecule has 0 fully saturated rings. The second-order valence-corrected chi connectivity index (χ2v) is 19.0. The fourth-order valence-electron chi connectivity index (χ4n) is 0. The van der Waals surface area contributed by atoms with Gasteiger partial charge in [-0.1, -0.05) is 0 Å². The average molecular weight is 1150 g/mol. The van der Waals surface area contributed by atoms with Gasteiger partial charge in [-0.2, -0.15) is 0 Å². The molecule has 0 aliphatic rings. The Balaban J connectivity index is -0.0000000443. The Morgan fingerprint density at radius 2 is 0.290 bits per heavy atom. The third kappa shape index (κ3) is 2840. The van der Waals surface area contributed by atoms with Crippen LogP contribution in [0.5, 0.6) is 0 Å². The Morgan fingerprint density at radius 1 is 0.290 bits per heavy atom. The van der Waals surface area contributed by atoms with E-state index < -0.39 is 121 Å². The molecule has 0 amide bonds. The van der Waals surface area contributed by atoms with Crippen LogP contribution in [0, 0.1) is 0 Å². The van der Waals surface area contributed by atoms with Gasteiger partial charge in [-0.05, 0) is 0 Å². The SMILES string of the molecule is [LiH].[O]=[Sb]([OH])([OH])[F].[O]=[Sb]([OH])([OH])[F].[O]=[Sb]([OH])([OH])[F].[O]=[Sb]([OH])([OH])[F].[O]=[Sb]([OH])([OH])[F].[O]=[Sb]([OH])([OH])[F]. The Hall–Kier alpha value is 3.41. The topological polar surface area (TPSA) is 345 Å². The Morgan fingerprint density at radius 3 is 0.290 bits per heavy atom. The second-order valence-electron chi connectivity index (χ2n) is 2.84. The average Bonchev–Trinajstić information content (AvgIpc) is 1.94. The summed E-state index contributed by atoms with van der Waals surface area (Å²) < 4.78 is 200. The maximum atomic E-state index is 10.4. The predicted molar refractivity (Wildman–Crippen MR) is 79.1 cm³/mol. The first-order valence-corrected chi connectivity index (χ1v) is 30.3. The number of hydrogen-bond donors (Lipinski definition) is 12. The zero-order chi connectivity index (χ0) is 27.0. The first kappa shape index (κ1) is 51.1. The van der Waals surface area contributed by atoms with Crippen LogP contribution >= 0.6 is 0 Å².